The summed E-state index contributed by atoms with van der Waals surface area (Å²) in [5.74, 6) is 1.33. The molecule has 5 heteroatoms. The minimum atomic E-state index is 0.555. The molecule has 0 saturated heterocycles. The number of hydrogen-bond donors (Lipinski definition) is 0. The van der Waals surface area contributed by atoms with Gasteiger partial charge in [0.25, 0.3) is 0 Å². The van der Waals surface area contributed by atoms with E-state index in [9.17, 15) is 0 Å². The van der Waals surface area contributed by atoms with Crippen LogP contribution < -0.4 is 0 Å². The van der Waals surface area contributed by atoms with Crippen LogP contribution in [-0.2, 0) is 0 Å². The van der Waals surface area contributed by atoms with E-state index < -0.39 is 0 Å². The Morgan fingerprint density at radius 2 is 2.00 bits per heavy atom. The first-order chi connectivity index (χ1) is 6.27. The molecular formula is C8H6BrN3O. The van der Waals surface area contributed by atoms with Gasteiger partial charge in [0.2, 0.25) is 5.89 Å². The third-order valence-electron chi connectivity index (χ3n) is 1.53. The Labute approximate surface area is 83.1 Å². The van der Waals surface area contributed by atoms with Gasteiger partial charge in [0.05, 0.1) is 28.6 Å². The molecule has 0 unspecified atom stereocenters. The predicted octanol–water partition coefficient (Wildman–Crippen LogP) is 2.20. The van der Waals surface area contributed by atoms with Gasteiger partial charge in [0.15, 0.2) is 0 Å². The first-order valence-corrected chi connectivity index (χ1v) is 4.45. The lowest BCUT2D eigenvalue weighted by Gasteiger charge is -1.95. The fraction of sp³-hybridized carbons (Fsp3) is 0.125. The number of halogens is 1. The highest BCUT2D eigenvalue weighted by Gasteiger charge is 2.08. The standard InChI is InChI=1S/C8H6BrN3O/c1-5-2-10-8(13-5)6-3-11-12-4-7(6)9/h2-4H,1H3. The lowest BCUT2D eigenvalue weighted by atomic mass is 10.3. The molecule has 0 amide bonds. The maximum Gasteiger partial charge on any atom is 0.229 e. The highest BCUT2D eigenvalue weighted by Crippen LogP contribution is 2.25. The zero-order chi connectivity index (χ0) is 9.26. The maximum atomic E-state index is 5.34. The molecule has 0 saturated carbocycles. The molecule has 0 bridgehead atoms. The van der Waals surface area contributed by atoms with E-state index in [0.717, 1.165) is 15.8 Å². The number of aromatic nitrogens is 3. The Hall–Kier alpha value is -1.23. The quantitative estimate of drug-likeness (QED) is 0.766. The van der Waals surface area contributed by atoms with Gasteiger partial charge in [-0.3, -0.25) is 0 Å². The molecule has 2 aromatic heterocycles. The summed E-state index contributed by atoms with van der Waals surface area (Å²) < 4.78 is 6.16. The molecule has 66 valence electrons. The molecule has 0 aromatic carbocycles. The molecule has 2 heterocycles. The van der Waals surface area contributed by atoms with Crippen LogP contribution in [-0.4, -0.2) is 15.2 Å². The molecule has 0 radical (unpaired) electrons. The second-order valence-corrected chi connectivity index (χ2v) is 3.38. The van der Waals surface area contributed by atoms with E-state index in [4.69, 9.17) is 4.42 Å². The zero-order valence-electron chi connectivity index (χ0n) is 6.86. The van der Waals surface area contributed by atoms with Crippen LogP contribution in [0.2, 0.25) is 0 Å². The van der Waals surface area contributed by atoms with Crippen molar-refractivity contribution < 1.29 is 4.42 Å². The van der Waals surface area contributed by atoms with Crippen LogP contribution in [0.1, 0.15) is 5.76 Å². The third-order valence-corrected chi connectivity index (χ3v) is 2.17. The molecule has 4 nitrogen and oxygen atoms in total. The number of aryl methyl sites for hydroxylation is 1. The molecular weight excluding hydrogens is 234 g/mol. The van der Waals surface area contributed by atoms with Crippen molar-refractivity contribution in [2.45, 2.75) is 6.92 Å². The minimum absolute atomic E-state index is 0.555. The van der Waals surface area contributed by atoms with E-state index in [1.807, 2.05) is 6.92 Å². The summed E-state index contributed by atoms with van der Waals surface area (Å²) in [4.78, 5) is 4.08. The second-order valence-electron chi connectivity index (χ2n) is 2.53. The molecule has 2 rings (SSSR count). The van der Waals surface area contributed by atoms with Crippen LogP contribution in [0.3, 0.4) is 0 Å². The predicted molar refractivity (Wildman–Crippen MR) is 50.0 cm³/mol. The Bertz CT molecular complexity index is 427. The van der Waals surface area contributed by atoms with Crippen LogP contribution in [0.15, 0.2) is 27.5 Å². The van der Waals surface area contributed by atoms with Gasteiger partial charge in [0, 0.05) is 0 Å². The monoisotopic (exact) mass is 239 g/mol. The van der Waals surface area contributed by atoms with Crippen LogP contribution in [0.5, 0.6) is 0 Å². The first-order valence-electron chi connectivity index (χ1n) is 3.66. The summed E-state index contributed by atoms with van der Waals surface area (Å²) in [7, 11) is 0. The Morgan fingerprint density at radius 1 is 1.23 bits per heavy atom. The van der Waals surface area contributed by atoms with Gasteiger partial charge in [-0.05, 0) is 22.9 Å². The Morgan fingerprint density at radius 3 is 2.62 bits per heavy atom. The summed E-state index contributed by atoms with van der Waals surface area (Å²) >= 11 is 3.34. The summed E-state index contributed by atoms with van der Waals surface area (Å²) in [5, 5.41) is 7.46. The van der Waals surface area contributed by atoms with Crippen LogP contribution >= 0.6 is 15.9 Å². The minimum Gasteiger partial charge on any atom is -0.441 e. The van der Waals surface area contributed by atoms with Gasteiger partial charge in [-0.15, -0.1) is 0 Å². The van der Waals surface area contributed by atoms with Gasteiger partial charge in [-0.25, -0.2) is 4.98 Å². The number of rotatable bonds is 1. The maximum absolute atomic E-state index is 5.34. The van der Waals surface area contributed by atoms with E-state index in [0.29, 0.717) is 5.89 Å². The van der Waals surface area contributed by atoms with E-state index >= 15 is 0 Å². The lowest BCUT2D eigenvalue weighted by molar-refractivity contribution is 0.541. The van der Waals surface area contributed by atoms with E-state index in [1.165, 1.54) is 0 Å². The van der Waals surface area contributed by atoms with Gasteiger partial charge in [-0.2, -0.15) is 10.2 Å². The van der Waals surface area contributed by atoms with E-state index in [-0.39, 0.29) is 0 Å². The molecule has 0 aliphatic carbocycles. The summed E-state index contributed by atoms with van der Waals surface area (Å²) in [6.07, 6.45) is 4.88. The van der Waals surface area contributed by atoms with Gasteiger partial charge >= 0.3 is 0 Å². The van der Waals surface area contributed by atoms with Crippen molar-refractivity contribution in [3.05, 3.63) is 28.8 Å². The van der Waals surface area contributed by atoms with Crippen LogP contribution in [0.4, 0.5) is 0 Å². The Balaban J connectivity index is 2.52. The largest absolute Gasteiger partial charge is 0.441 e. The van der Waals surface area contributed by atoms with Gasteiger partial charge in [0.1, 0.15) is 5.76 Å². The van der Waals surface area contributed by atoms with Gasteiger partial charge in [-0.1, -0.05) is 0 Å². The lowest BCUT2D eigenvalue weighted by Crippen LogP contribution is -1.84. The fourth-order valence-corrected chi connectivity index (χ4v) is 1.31. The van der Waals surface area contributed by atoms with Crippen molar-refractivity contribution in [3.8, 4) is 11.5 Å². The summed E-state index contributed by atoms with van der Waals surface area (Å²) in [6.45, 7) is 1.85. The van der Waals surface area contributed by atoms with Crippen molar-refractivity contribution in [1.82, 2.24) is 15.2 Å². The molecule has 0 spiro atoms. The average molecular weight is 240 g/mol. The first kappa shape index (κ1) is 8.37. The fourth-order valence-electron chi connectivity index (χ4n) is 0.943. The number of nitrogens with zero attached hydrogens (tertiary/aromatic N) is 3. The molecule has 0 atom stereocenters. The molecule has 0 aliphatic rings. The van der Waals surface area contributed by atoms with E-state index in [1.54, 1.807) is 18.6 Å². The molecule has 0 N–H and O–H groups in total. The van der Waals surface area contributed by atoms with Gasteiger partial charge < -0.3 is 4.42 Å². The smallest absolute Gasteiger partial charge is 0.229 e. The third kappa shape index (κ3) is 1.60. The molecule has 2 aromatic rings. The zero-order valence-corrected chi connectivity index (χ0v) is 8.45. The van der Waals surface area contributed by atoms with Crippen LogP contribution in [0.25, 0.3) is 11.5 Å². The van der Waals surface area contributed by atoms with Crippen molar-refractivity contribution in [2.75, 3.05) is 0 Å². The van der Waals surface area contributed by atoms with Crippen molar-refractivity contribution in [3.63, 3.8) is 0 Å². The molecule has 13 heavy (non-hydrogen) atoms. The topological polar surface area (TPSA) is 51.8 Å². The highest BCUT2D eigenvalue weighted by molar-refractivity contribution is 9.10. The SMILES string of the molecule is Cc1cnc(-c2cnncc2Br)o1. The number of oxazole rings is 1. The van der Waals surface area contributed by atoms with Crippen molar-refractivity contribution in [1.29, 1.82) is 0 Å². The van der Waals surface area contributed by atoms with Crippen molar-refractivity contribution >= 4 is 15.9 Å². The highest BCUT2D eigenvalue weighted by atomic mass is 79.9. The summed E-state index contributed by atoms with van der Waals surface area (Å²) in [6, 6.07) is 0. The average Bonchev–Trinajstić information content (AvgIpc) is 2.53. The normalized spacial score (nSPS) is 10.3. The molecule has 0 fully saturated rings. The molecule has 0 aliphatic heterocycles. The Kier molecular flexibility index (Phi) is 2.10. The number of hydrogen-bond acceptors (Lipinski definition) is 4. The van der Waals surface area contributed by atoms with Crippen LogP contribution in [0, 0.1) is 6.92 Å². The van der Waals surface area contributed by atoms with Crippen molar-refractivity contribution in [2.24, 2.45) is 0 Å². The second kappa shape index (κ2) is 3.26. The summed E-state index contributed by atoms with van der Waals surface area (Å²) in [5.41, 5.74) is 0.808. The van der Waals surface area contributed by atoms with E-state index in [2.05, 4.69) is 31.1 Å².